The number of rotatable bonds is 0. The Hall–Kier alpha value is -0.610. The van der Waals surface area contributed by atoms with E-state index < -0.39 is 17.7 Å². The first-order valence-electron chi connectivity index (χ1n) is 4.85. The maximum absolute atomic E-state index is 13.5. The summed E-state index contributed by atoms with van der Waals surface area (Å²) in [5.41, 5.74) is 0.850. The van der Waals surface area contributed by atoms with E-state index in [9.17, 15) is 13.9 Å². The standard InChI is InChI=1S/C11H12F2OS/c1-6-2-10(14)11-7(5-15-6)3-8(12)4-9(11)13/h3-4,6,10,14H,2,5H2,1H3. The molecule has 1 aromatic carbocycles. The fraction of sp³-hybridized carbons (Fsp3) is 0.455. The van der Waals surface area contributed by atoms with Gasteiger partial charge in [0.05, 0.1) is 6.10 Å². The molecule has 1 aliphatic rings. The van der Waals surface area contributed by atoms with Gasteiger partial charge >= 0.3 is 0 Å². The van der Waals surface area contributed by atoms with E-state index in [1.165, 1.54) is 6.07 Å². The summed E-state index contributed by atoms with van der Waals surface area (Å²) in [6.07, 6.45) is -0.300. The molecule has 1 heterocycles. The number of benzene rings is 1. The minimum absolute atomic E-state index is 0.259. The van der Waals surface area contributed by atoms with Gasteiger partial charge < -0.3 is 5.11 Å². The lowest BCUT2D eigenvalue weighted by Gasteiger charge is -2.13. The molecule has 0 aromatic heterocycles. The molecule has 1 N–H and O–H groups in total. The second-order valence-corrected chi connectivity index (χ2v) is 5.26. The number of aliphatic hydroxyl groups is 1. The molecule has 0 bridgehead atoms. The third-order valence-corrected chi connectivity index (χ3v) is 3.83. The van der Waals surface area contributed by atoms with Crippen LogP contribution in [0.25, 0.3) is 0 Å². The molecule has 0 fully saturated rings. The third-order valence-electron chi connectivity index (χ3n) is 2.59. The number of hydrogen-bond donors (Lipinski definition) is 1. The highest BCUT2D eigenvalue weighted by atomic mass is 32.2. The summed E-state index contributed by atoms with van der Waals surface area (Å²) >= 11 is 1.61. The van der Waals surface area contributed by atoms with Gasteiger partial charge in [0.1, 0.15) is 11.6 Å². The fourth-order valence-corrected chi connectivity index (χ4v) is 2.88. The van der Waals surface area contributed by atoms with Crippen LogP contribution >= 0.6 is 11.8 Å². The Morgan fingerprint density at radius 1 is 1.40 bits per heavy atom. The number of halogens is 2. The molecule has 2 unspecified atom stereocenters. The topological polar surface area (TPSA) is 20.2 Å². The first-order valence-corrected chi connectivity index (χ1v) is 5.90. The molecular formula is C11H12F2OS. The van der Waals surface area contributed by atoms with Crippen molar-refractivity contribution in [2.75, 3.05) is 0 Å². The number of hydrogen-bond acceptors (Lipinski definition) is 2. The first kappa shape index (κ1) is 10.9. The summed E-state index contributed by atoms with van der Waals surface area (Å²) in [7, 11) is 0. The van der Waals surface area contributed by atoms with Crippen LogP contribution in [0.4, 0.5) is 8.78 Å². The van der Waals surface area contributed by atoms with Crippen molar-refractivity contribution in [1.82, 2.24) is 0 Å². The van der Waals surface area contributed by atoms with Gasteiger partial charge in [-0.1, -0.05) is 6.92 Å². The Morgan fingerprint density at radius 2 is 2.13 bits per heavy atom. The van der Waals surface area contributed by atoms with Gasteiger partial charge in [0.15, 0.2) is 0 Å². The molecule has 2 atom stereocenters. The lowest BCUT2D eigenvalue weighted by atomic mass is 9.99. The Bertz CT molecular complexity index is 381. The van der Waals surface area contributed by atoms with Gasteiger partial charge in [0.25, 0.3) is 0 Å². The second kappa shape index (κ2) is 4.10. The molecule has 0 amide bonds. The second-order valence-electron chi connectivity index (χ2n) is 3.83. The molecule has 0 radical (unpaired) electrons. The third kappa shape index (κ3) is 2.16. The Labute approximate surface area is 91.5 Å². The summed E-state index contributed by atoms with van der Waals surface area (Å²) in [5.74, 6) is -0.650. The highest BCUT2D eigenvalue weighted by Crippen LogP contribution is 2.36. The first-order chi connectivity index (χ1) is 7.08. The summed E-state index contributed by atoms with van der Waals surface area (Å²) in [4.78, 5) is 0. The Morgan fingerprint density at radius 3 is 2.87 bits per heavy atom. The molecule has 0 saturated heterocycles. The molecule has 15 heavy (non-hydrogen) atoms. The molecule has 1 aliphatic heterocycles. The quantitative estimate of drug-likeness (QED) is 0.739. The van der Waals surface area contributed by atoms with Gasteiger partial charge in [-0.05, 0) is 18.1 Å². The Balaban J connectivity index is 2.48. The largest absolute Gasteiger partial charge is 0.388 e. The van der Waals surface area contributed by atoms with Gasteiger partial charge in [-0.15, -0.1) is 0 Å². The number of aliphatic hydroxyl groups excluding tert-OH is 1. The molecule has 1 aromatic rings. The van der Waals surface area contributed by atoms with Crippen molar-refractivity contribution in [3.05, 3.63) is 34.9 Å². The van der Waals surface area contributed by atoms with Gasteiger partial charge in [0.2, 0.25) is 0 Å². The van der Waals surface area contributed by atoms with E-state index in [4.69, 9.17) is 0 Å². The van der Waals surface area contributed by atoms with Gasteiger partial charge in [-0.2, -0.15) is 11.8 Å². The van der Waals surface area contributed by atoms with Crippen LogP contribution in [-0.4, -0.2) is 10.4 Å². The molecule has 1 nitrogen and oxygen atoms in total. The van der Waals surface area contributed by atoms with E-state index >= 15 is 0 Å². The Kier molecular flexibility index (Phi) is 2.98. The van der Waals surface area contributed by atoms with E-state index in [0.717, 1.165) is 6.07 Å². The van der Waals surface area contributed by atoms with E-state index in [1.807, 2.05) is 6.92 Å². The molecule has 4 heteroatoms. The van der Waals surface area contributed by atoms with Crippen LogP contribution < -0.4 is 0 Å². The van der Waals surface area contributed by atoms with E-state index in [-0.39, 0.29) is 10.8 Å². The summed E-state index contributed by atoms with van der Waals surface area (Å²) in [5, 5.41) is 10.1. The van der Waals surface area contributed by atoms with E-state index in [1.54, 1.807) is 11.8 Å². The number of thioether (sulfide) groups is 1. The van der Waals surface area contributed by atoms with Crippen LogP contribution in [0, 0.1) is 11.6 Å². The summed E-state index contributed by atoms with van der Waals surface area (Å²) < 4.78 is 26.5. The van der Waals surface area contributed by atoms with Crippen molar-refractivity contribution in [2.24, 2.45) is 0 Å². The van der Waals surface area contributed by atoms with Crippen LogP contribution in [-0.2, 0) is 5.75 Å². The van der Waals surface area contributed by atoms with Crippen LogP contribution in [0.5, 0.6) is 0 Å². The van der Waals surface area contributed by atoms with Crippen LogP contribution in [0.2, 0.25) is 0 Å². The summed E-state index contributed by atoms with van der Waals surface area (Å²) in [6, 6.07) is 2.15. The highest BCUT2D eigenvalue weighted by molar-refractivity contribution is 7.99. The number of fused-ring (bicyclic) bond motifs is 1. The lowest BCUT2D eigenvalue weighted by molar-refractivity contribution is 0.163. The predicted octanol–water partition coefficient (Wildman–Crippen LogP) is 3.02. The normalized spacial score (nSPS) is 25.9. The minimum atomic E-state index is -0.814. The van der Waals surface area contributed by atoms with E-state index in [0.29, 0.717) is 17.7 Å². The molecule has 0 saturated carbocycles. The zero-order chi connectivity index (χ0) is 11.0. The van der Waals surface area contributed by atoms with Crippen molar-refractivity contribution in [1.29, 1.82) is 0 Å². The van der Waals surface area contributed by atoms with Crippen molar-refractivity contribution >= 4 is 11.8 Å². The van der Waals surface area contributed by atoms with Gasteiger partial charge in [0, 0.05) is 22.6 Å². The molecule has 0 aliphatic carbocycles. The zero-order valence-electron chi connectivity index (χ0n) is 8.34. The monoisotopic (exact) mass is 230 g/mol. The smallest absolute Gasteiger partial charge is 0.132 e. The zero-order valence-corrected chi connectivity index (χ0v) is 9.15. The van der Waals surface area contributed by atoms with Crippen LogP contribution in [0.1, 0.15) is 30.6 Å². The average Bonchev–Trinajstić information content (AvgIpc) is 2.25. The lowest BCUT2D eigenvalue weighted by Crippen LogP contribution is -2.06. The maximum Gasteiger partial charge on any atom is 0.132 e. The van der Waals surface area contributed by atoms with E-state index in [2.05, 4.69) is 0 Å². The predicted molar refractivity (Wildman–Crippen MR) is 56.7 cm³/mol. The highest BCUT2D eigenvalue weighted by Gasteiger charge is 2.24. The molecule has 2 rings (SSSR count). The van der Waals surface area contributed by atoms with Crippen LogP contribution in [0.3, 0.4) is 0 Å². The van der Waals surface area contributed by atoms with Crippen molar-refractivity contribution in [2.45, 2.75) is 30.5 Å². The summed E-state index contributed by atoms with van der Waals surface area (Å²) in [6.45, 7) is 1.98. The van der Waals surface area contributed by atoms with Gasteiger partial charge in [-0.3, -0.25) is 0 Å². The molecular weight excluding hydrogens is 218 g/mol. The minimum Gasteiger partial charge on any atom is -0.388 e. The van der Waals surface area contributed by atoms with Gasteiger partial charge in [-0.25, -0.2) is 8.78 Å². The average molecular weight is 230 g/mol. The SMILES string of the molecule is CC1CC(O)c2c(F)cc(F)cc2CS1. The van der Waals surface area contributed by atoms with Crippen molar-refractivity contribution in [3.8, 4) is 0 Å². The fourth-order valence-electron chi connectivity index (χ4n) is 1.86. The maximum atomic E-state index is 13.5. The van der Waals surface area contributed by atoms with Crippen molar-refractivity contribution in [3.63, 3.8) is 0 Å². The molecule has 82 valence electrons. The molecule has 0 spiro atoms. The van der Waals surface area contributed by atoms with Crippen molar-refractivity contribution < 1.29 is 13.9 Å². The van der Waals surface area contributed by atoms with Crippen LogP contribution in [0.15, 0.2) is 12.1 Å².